The predicted octanol–water partition coefficient (Wildman–Crippen LogP) is 1.92. The van der Waals surface area contributed by atoms with Crippen molar-refractivity contribution in [3.63, 3.8) is 0 Å². The Morgan fingerprint density at radius 1 is 1.00 bits per heavy atom. The first-order valence-corrected chi connectivity index (χ1v) is 6.30. The lowest BCUT2D eigenvalue weighted by molar-refractivity contribution is -0.0732. The third-order valence-electron chi connectivity index (χ3n) is 2.52. The van der Waals surface area contributed by atoms with Crippen molar-refractivity contribution >= 4 is 6.03 Å². The first-order valence-electron chi connectivity index (χ1n) is 6.30. The van der Waals surface area contributed by atoms with Crippen LogP contribution >= 0.6 is 0 Å². The second-order valence-corrected chi connectivity index (χ2v) is 4.06. The van der Waals surface area contributed by atoms with Crippen LogP contribution < -0.4 is 10.6 Å². The zero-order valence-electron chi connectivity index (χ0n) is 10.7. The number of amides is 2. The largest absolute Gasteiger partial charge is 0.354 e. The molecule has 2 N–H and O–H groups in total. The summed E-state index contributed by atoms with van der Waals surface area (Å²) < 4.78 is 11.1. The molecule has 102 valence electrons. The van der Waals surface area contributed by atoms with Crippen LogP contribution in [0.3, 0.4) is 0 Å². The van der Waals surface area contributed by atoms with Gasteiger partial charge in [0.25, 0.3) is 0 Å². The molecule has 0 saturated carbocycles. The average Bonchev–Trinajstić information content (AvgIpc) is 2.71. The summed E-state index contributed by atoms with van der Waals surface area (Å²) in [5.41, 5.74) is 0. The van der Waals surface area contributed by atoms with E-state index in [9.17, 15) is 4.79 Å². The topological polar surface area (TPSA) is 59.6 Å². The molecule has 0 aromatic rings. The number of carbonyl (C=O) groups is 1. The molecule has 1 aliphatic heterocycles. The molecule has 18 heavy (non-hydrogen) atoms. The van der Waals surface area contributed by atoms with Gasteiger partial charge in [-0.1, -0.05) is 12.2 Å². The summed E-state index contributed by atoms with van der Waals surface area (Å²) in [5, 5.41) is 5.36. The molecule has 1 rings (SSSR count). The number of allylic oxidation sites excluding steroid dienone is 2. The van der Waals surface area contributed by atoms with Gasteiger partial charge in [-0.25, -0.2) is 4.79 Å². The fourth-order valence-electron chi connectivity index (χ4n) is 1.59. The Balaban J connectivity index is 2.22. The second-order valence-electron chi connectivity index (χ2n) is 4.06. The van der Waals surface area contributed by atoms with Crippen LogP contribution in [-0.2, 0) is 9.47 Å². The van der Waals surface area contributed by atoms with Gasteiger partial charge in [-0.3, -0.25) is 0 Å². The summed E-state index contributed by atoms with van der Waals surface area (Å²) in [6.07, 6.45) is 6.45. The van der Waals surface area contributed by atoms with Gasteiger partial charge in [0.1, 0.15) is 0 Å². The summed E-state index contributed by atoms with van der Waals surface area (Å²) in [6.45, 7) is 8.44. The molecule has 0 aromatic carbocycles. The van der Waals surface area contributed by atoms with Gasteiger partial charge in [-0.05, 0) is 25.7 Å². The number of hydrogen-bond acceptors (Lipinski definition) is 3. The van der Waals surface area contributed by atoms with Gasteiger partial charge in [-0.15, -0.1) is 13.2 Å². The highest BCUT2D eigenvalue weighted by molar-refractivity contribution is 5.76. The van der Waals surface area contributed by atoms with E-state index >= 15 is 0 Å². The van der Waals surface area contributed by atoms with E-state index in [0.717, 1.165) is 25.7 Å². The summed E-state index contributed by atoms with van der Waals surface area (Å²) >= 11 is 0. The SMILES string of the molecule is C=CCCCOC1NC(=O)NC1OCCCC=C. The molecule has 2 unspecified atom stereocenters. The Hall–Kier alpha value is -1.33. The smallest absolute Gasteiger partial charge is 0.319 e. The molecule has 1 heterocycles. The number of nitrogens with one attached hydrogen (secondary N) is 2. The van der Waals surface area contributed by atoms with E-state index in [1.807, 2.05) is 12.2 Å². The van der Waals surface area contributed by atoms with Crippen LogP contribution in [0.1, 0.15) is 25.7 Å². The van der Waals surface area contributed by atoms with Crippen molar-refractivity contribution in [2.24, 2.45) is 0 Å². The third kappa shape index (κ3) is 5.33. The van der Waals surface area contributed by atoms with E-state index in [1.165, 1.54) is 0 Å². The van der Waals surface area contributed by atoms with E-state index in [0.29, 0.717) is 13.2 Å². The molecule has 0 spiro atoms. The Morgan fingerprint density at radius 2 is 1.44 bits per heavy atom. The highest BCUT2D eigenvalue weighted by atomic mass is 16.6. The molecule has 1 saturated heterocycles. The number of carbonyl (C=O) groups excluding carboxylic acids is 1. The first kappa shape index (κ1) is 14.7. The van der Waals surface area contributed by atoms with Gasteiger partial charge < -0.3 is 20.1 Å². The van der Waals surface area contributed by atoms with Crippen molar-refractivity contribution in [2.45, 2.75) is 38.1 Å². The lowest BCUT2D eigenvalue weighted by Crippen LogP contribution is -2.38. The minimum absolute atomic E-state index is 0.252. The fraction of sp³-hybridized carbons (Fsp3) is 0.615. The van der Waals surface area contributed by atoms with Gasteiger partial charge in [0, 0.05) is 13.2 Å². The van der Waals surface area contributed by atoms with Crippen LogP contribution in [0.25, 0.3) is 0 Å². The highest BCUT2D eigenvalue weighted by Crippen LogP contribution is 2.07. The fourth-order valence-corrected chi connectivity index (χ4v) is 1.59. The molecule has 5 heteroatoms. The van der Waals surface area contributed by atoms with Crippen LogP contribution in [0.5, 0.6) is 0 Å². The molecule has 1 aliphatic rings. The van der Waals surface area contributed by atoms with E-state index in [4.69, 9.17) is 9.47 Å². The van der Waals surface area contributed by atoms with Crippen LogP contribution in [0.2, 0.25) is 0 Å². The Morgan fingerprint density at radius 3 is 1.83 bits per heavy atom. The minimum atomic E-state index is -0.411. The van der Waals surface area contributed by atoms with E-state index in [-0.39, 0.29) is 6.03 Å². The lowest BCUT2D eigenvalue weighted by atomic mass is 10.3. The molecule has 1 fully saturated rings. The second kappa shape index (κ2) is 8.72. The number of unbranched alkanes of at least 4 members (excludes halogenated alkanes) is 2. The number of hydrogen-bond donors (Lipinski definition) is 2. The van der Waals surface area contributed by atoms with Gasteiger partial charge in [0.15, 0.2) is 12.5 Å². The monoisotopic (exact) mass is 254 g/mol. The summed E-state index contributed by atoms with van der Waals surface area (Å²) in [4.78, 5) is 11.2. The zero-order chi connectivity index (χ0) is 13.2. The van der Waals surface area contributed by atoms with Gasteiger partial charge in [0.05, 0.1) is 0 Å². The van der Waals surface area contributed by atoms with Gasteiger partial charge >= 0.3 is 6.03 Å². The van der Waals surface area contributed by atoms with Crippen LogP contribution in [0.15, 0.2) is 25.3 Å². The molecule has 5 nitrogen and oxygen atoms in total. The highest BCUT2D eigenvalue weighted by Gasteiger charge is 2.32. The Kier molecular flexibility index (Phi) is 7.13. The van der Waals surface area contributed by atoms with Crippen molar-refractivity contribution in [3.05, 3.63) is 25.3 Å². The van der Waals surface area contributed by atoms with Crippen molar-refractivity contribution in [1.29, 1.82) is 0 Å². The molecular weight excluding hydrogens is 232 g/mol. The molecule has 2 amide bonds. The average molecular weight is 254 g/mol. The maximum absolute atomic E-state index is 11.2. The zero-order valence-corrected chi connectivity index (χ0v) is 10.7. The molecule has 0 bridgehead atoms. The quantitative estimate of drug-likeness (QED) is 0.462. The summed E-state index contributed by atoms with van der Waals surface area (Å²) in [5.74, 6) is 0. The van der Waals surface area contributed by atoms with Crippen LogP contribution in [0, 0.1) is 0 Å². The van der Waals surface area contributed by atoms with Gasteiger partial charge in [-0.2, -0.15) is 0 Å². The van der Waals surface area contributed by atoms with Gasteiger partial charge in [0.2, 0.25) is 0 Å². The van der Waals surface area contributed by atoms with Crippen LogP contribution in [-0.4, -0.2) is 31.7 Å². The van der Waals surface area contributed by atoms with Crippen molar-refractivity contribution in [2.75, 3.05) is 13.2 Å². The third-order valence-corrected chi connectivity index (χ3v) is 2.52. The predicted molar refractivity (Wildman–Crippen MR) is 70.0 cm³/mol. The molecule has 2 atom stereocenters. The minimum Gasteiger partial charge on any atom is -0.354 e. The number of ether oxygens (including phenoxy) is 2. The van der Waals surface area contributed by atoms with Crippen LogP contribution in [0.4, 0.5) is 4.79 Å². The molecule has 0 aliphatic carbocycles. The molecule has 0 radical (unpaired) electrons. The normalized spacial score (nSPS) is 22.3. The van der Waals surface area contributed by atoms with Crippen molar-refractivity contribution < 1.29 is 14.3 Å². The number of rotatable bonds is 10. The summed E-state index contributed by atoms with van der Waals surface area (Å²) in [7, 11) is 0. The Labute approximate surface area is 108 Å². The van der Waals surface area contributed by atoms with Crippen molar-refractivity contribution in [3.8, 4) is 0 Å². The number of urea groups is 1. The molecular formula is C13H22N2O3. The van der Waals surface area contributed by atoms with E-state index < -0.39 is 12.5 Å². The lowest BCUT2D eigenvalue weighted by Gasteiger charge is -2.19. The van der Waals surface area contributed by atoms with E-state index in [2.05, 4.69) is 23.8 Å². The first-order chi connectivity index (χ1) is 8.77. The Bertz CT molecular complexity index is 255. The van der Waals surface area contributed by atoms with E-state index in [1.54, 1.807) is 0 Å². The standard InChI is InChI=1S/C13H22N2O3/c1-3-5-7-9-17-11-12(15-13(16)14-11)18-10-8-6-4-2/h3-4,11-12H,1-2,5-10H2,(H2,14,15,16). The maximum Gasteiger partial charge on any atom is 0.319 e. The summed E-state index contributed by atoms with van der Waals surface area (Å²) in [6, 6.07) is -0.252. The maximum atomic E-state index is 11.2. The molecule has 0 aromatic heterocycles. The van der Waals surface area contributed by atoms with Crippen molar-refractivity contribution in [1.82, 2.24) is 10.6 Å².